The van der Waals surface area contributed by atoms with Crippen LogP contribution in [0.3, 0.4) is 0 Å². The Morgan fingerprint density at radius 3 is 1.94 bits per heavy atom. The number of carbonyl (C=O) groups excluding carboxylic acids is 1. The average molecular weight is 739 g/mol. The Kier molecular flexibility index (Phi) is 11.1. The first kappa shape index (κ1) is 38.8. The first-order chi connectivity index (χ1) is 24.4. The lowest BCUT2D eigenvalue weighted by atomic mass is 9.85. The number of carboxylic acid groups (broad SMARTS) is 1. The minimum absolute atomic E-state index is 0.143. The van der Waals surface area contributed by atoms with Crippen molar-refractivity contribution in [3.8, 4) is 28.6 Å². The normalized spacial score (nSPS) is 30.5. The van der Waals surface area contributed by atoms with Crippen molar-refractivity contribution in [2.75, 3.05) is 13.2 Å². The third kappa shape index (κ3) is 7.28. The van der Waals surface area contributed by atoms with Crippen LogP contribution in [-0.2, 0) is 23.8 Å². The number of ether oxygens (including phenoxy) is 3. The van der Waals surface area contributed by atoms with E-state index < -0.39 is 144 Å². The van der Waals surface area contributed by atoms with E-state index in [1.807, 2.05) is 0 Å². The molecule has 3 aromatic rings. The number of aliphatic hydroxyl groups is 8. The van der Waals surface area contributed by atoms with Crippen molar-refractivity contribution >= 4 is 22.9 Å². The van der Waals surface area contributed by atoms with Crippen LogP contribution in [0.15, 0.2) is 39.5 Å². The summed E-state index contributed by atoms with van der Waals surface area (Å²) in [5, 5.41) is 126. The molecule has 0 aliphatic carbocycles. The van der Waals surface area contributed by atoms with E-state index in [4.69, 9.17) is 23.7 Å². The maximum atomic E-state index is 13.8. The molecule has 0 spiro atoms. The smallest absolute Gasteiger partial charge is 0.309 e. The highest BCUT2D eigenvalue weighted by atomic mass is 16.6. The molecule has 2 aliphatic heterocycles. The molecule has 284 valence electrons. The fourth-order valence-electron chi connectivity index (χ4n) is 6.40. The SMILES string of the molecule is CC(O)(CC(=O)O)CC(=O)O[C@@H]1[C@@H](O)[C@H](O)[C@@H](CO)O[C@H]1c1c(O)c([C@@H]2O[C@H](CO)[C@@H](O)[C@H](O)[C@H]2O)c2oc(-c3ccc(O)cc3)cc(=O)c2c1O. The van der Waals surface area contributed by atoms with E-state index in [9.17, 15) is 70.6 Å². The van der Waals surface area contributed by atoms with Crippen molar-refractivity contribution in [2.24, 2.45) is 0 Å². The predicted octanol–water partition coefficient (Wildman–Crippen LogP) is -2.23. The molecule has 1 unspecified atom stereocenters. The van der Waals surface area contributed by atoms with Crippen LogP contribution in [0.1, 0.15) is 43.1 Å². The Labute approximate surface area is 292 Å². The van der Waals surface area contributed by atoms with Gasteiger partial charge in [-0.2, -0.15) is 0 Å². The van der Waals surface area contributed by atoms with Gasteiger partial charge in [0.2, 0.25) is 0 Å². The van der Waals surface area contributed by atoms with Gasteiger partial charge in [0.25, 0.3) is 0 Å². The number of fused-ring (bicyclic) bond motifs is 1. The number of aliphatic carboxylic acids is 1. The van der Waals surface area contributed by atoms with E-state index in [2.05, 4.69) is 0 Å². The maximum Gasteiger partial charge on any atom is 0.309 e. The third-order valence-electron chi connectivity index (χ3n) is 9.00. The van der Waals surface area contributed by atoms with Crippen LogP contribution in [0.2, 0.25) is 0 Å². The van der Waals surface area contributed by atoms with Gasteiger partial charge < -0.3 is 79.9 Å². The molecule has 2 aliphatic rings. The quantitative estimate of drug-likeness (QED) is 0.0979. The largest absolute Gasteiger partial charge is 0.508 e. The summed E-state index contributed by atoms with van der Waals surface area (Å²) in [5.41, 5.74) is -5.19. The highest BCUT2D eigenvalue weighted by Gasteiger charge is 2.52. The Morgan fingerprint density at radius 2 is 1.37 bits per heavy atom. The van der Waals surface area contributed by atoms with E-state index >= 15 is 0 Å². The van der Waals surface area contributed by atoms with Crippen molar-refractivity contribution in [1.29, 1.82) is 0 Å². The van der Waals surface area contributed by atoms with Crippen molar-refractivity contribution in [3.63, 3.8) is 0 Å². The number of carboxylic acids is 1. The lowest BCUT2D eigenvalue weighted by molar-refractivity contribution is -0.243. The topological polar surface area (TPSA) is 335 Å². The first-order valence-corrected chi connectivity index (χ1v) is 15.8. The molecule has 2 aromatic carbocycles. The van der Waals surface area contributed by atoms with Crippen LogP contribution in [0.4, 0.5) is 0 Å². The Morgan fingerprint density at radius 1 is 0.788 bits per heavy atom. The number of carbonyl (C=O) groups is 2. The van der Waals surface area contributed by atoms with Crippen LogP contribution >= 0.6 is 0 Å². The second-order valence-electron chi connectivity index (χ2n) is 13.0. The lowest BCUT2D eigenvalue weighted by Gasteiger charge is -2.43. The van der Waals surface area contributed by atoms with Crippen LogP contribution in [0.5, 0.6) is 17.2 Å². The molecule has 2 fully saturated rings. The summed E-state index contributed by atoms with van der Waals surface area (Å²) in [4.78, 5) is 38.0. The van der Waals surface area contributed by atoms with Crippen molar-refractivity contribution in [1.82, 2.24) is 0 Å². The van der Waals surface area contributed by atoms with E-state index in [1.54, 1.807) is 0 Å². The second kappa shape index (κ2) is 14.9. The van der Waals surface area contributed by atoms with Crippen molar-refractivity contribution in [2.45, 2.75) is 86.4 Å². The van der Waals surface area contributed by atoms with Gasteiger partial charge in [-0.15, -0.1) is 0 Å². The molecular weight excluding hydrogens is 700 g/mol. The highest BCUT2D eigenvalue weighted by molar-refractivity contribution is 5.92. The van der Waals surface area contributed by atoms with Crippen LogP contribution in [-0.4, -0.2) is 141 Å². The van der Waals surface area contributed by atoms with Crippen LogP contribution in [0.25, 0.3) is 22.3 Å². The monoisotopic (exact) mass is 738 g/mol. The first-order valence-electron chi connectivity index (χ1n) is 15.8. The number of hydrogen-bond donors (Lipinski definition) is 12. The van der Waals surface area contributed by atoms with Gasteiger partial charge in [0.05, 0.1) is 42.8 Å². The van der Waals surface area contributed by atoms with Gasteiger partial charge in [0, 0.05) is 11.6 Å². The van der Waals surface area contributed by atoms with Gasteiger partial charge in [0.15, 0.2) is 17.1 Å². The fraction of sp³-hybridized carbons (Fsp3) is 0.485. The van der Waals surface area contributed by atoms with Crippen molar-refractivity contribution in [3.05, 3.63) is 51.7 Å². The number of esters is 1. The number of hydrogen-bond acceptors (Lipinski definition) is 18. The summed E-state index contributed by atoms with van der Waals surface area (Å²) in [7, 11) is 0. The minimum Gasteiger partial charge on any atom is -0.508 e. The highest BCUT2D eigenvalue weighted by Crippen LogP contribution is 2.51. The maximum absolute atomic E-state index is 13.8. The Bertz CT molecular complexity index is 1850. The molecule has 0 amide bonds. The molecule has 0 radical (unpaired) electrons. The lowest BCUT2D eigenvalue weighted by Crippen LogP contribution is -2.57. The molecule has 0 saturated carbocycles. The van der Waals surface area contributed by atoms with E-state index in [-0.39, 0.29) is 17.1 Å². The van der Waals surface area contributed by atoms with Gasteiger partial charge >= 0.3 is 11.9 Å². The molecular formula is C33H38O19. The third-order valence-corrected chi connectivity index (χ3v) is 9.00. The number of phenolic OH excluding ortho intramolecular Hbond substituents is 3. The zero-order chi connectivity index (χ0) is 38.4. The summed E-state index contributed by atoms with van der Waals surface area (Å²) >= 11 is 0. The fourth-order valence-corrected chi connectivity index (χ4v) is 6.40. The average Bonchev–Trinajstić information content (AvgIpc) is 3.06. The van der Waals surface area contributed by atoms with E-state index in [1.165, 1.54) is 24.3 Å². The zero-order valence-electron chi connectivity index (χ0n) is 27.2. The standard InChI is InChI=1S/C33H38O19/c1-33(48,7-17(38)39)8-18(40)52-32-27(46)23(42)16(10-35)51-31(32)20-24(43)19-13(37)6-14(11-2-4-12(36)5-3-11)49-29(19)21(25(20)44)30-28(47)26(45)22(41)15(9-34)50-30/h2-6,15-16,22-23,26-28,30-32,34-36,41-48H,7-10H2,1H3,(H,38,39)/t15-,16-,22-,23-,26+,27+,28-,30+,31+,32-,33?/m1/s1. The molecule has 0 bridgehead atoms. The van der Waals surface area contributed by atoms with Crippen LogP contribution < -0.4 is 5.43 Å². The Balaban J connectivity index is 1.76. The molecule has 52 heavy (non-hydrogen) atoms. The molecule has 11 atom stereocenters. The summed E-state index contributed by atoms with van der Waals surface area (Å²) in [6.45, 7) is -0.912. The molecule has 3 heterocycles. The molecule has 2 saturated heterocycles. The number of rotatable bonds is 10. The van der Waals surface area contributed by atoms with Crippen LogP contribution in [0, 0.1) is 0 Å². The summed E-state index contributed by atoms with van der Waals surface area (Å²) in [5.74, 6) is -5.43. The molecule has 5 rings (SSSR count). The molecule has 19 heteroatoms. The zero-order valence-corrected chi connectivity index (χ0v) is 27.2. The van der Waals surface area contributed by atoms with Gasteiger partial charge in [-0.05, 0) is 31.2 Å². The van der Waals surface area contributed by atoms with Crippen molar-refractivity contribution < 1.29 is 89.5 Å². The van der Waals surface area contributed by atoms with Gasteiger partial charge in [0.1, 0.15) is 83.3 Å². The van der Waals surface area contributed by atoms with Gasteiger partial charge in [-0.1, -0.05) is 0 Å². The molecule has 12 N–H and O–H groups in total. The number of phenols is 3. The predicted molar refractivity (Wildman–Crippen MR) is 170 cm³/mol. The van der Waals surface area contributed by atoms with Gasteiger partial charge in [-0.25, -0.2) is 0 Å². The summed E-state index contributed by atoms with van der Waals surface area (Å²) in [6, 6.07) is 6.13. The van der Waals surface area contributed by atoms with Gasteiger partial charge in [-0.3, -0.25) is 14.4 Å². The number of aliphatic hydroxyl groups excluding tert-OH is 7. The number of benzene rings is 2. The summed E-state index contributed by atoms with van der Waals surface area (Å²) in [6.07, 6.45) is -21.5. The number of aromatic hydroxyl groups is 3. The van der Waals surface area contributed by atoms with E-state index in [0.29, 0.717) is 0 Å². The Hall–Kier alpha value is -4.41. The van der Waals surface area contributed by atoms with E-state index in [0.717, 1.165) is 13.0 Å². The molecule has 1 aromatic heterocycles. The second-order valence-corrected chi connectivity index (χ2v) is 13.0. The molecule has 19 nitrogen and oxygen atoms in total. The minimum atomic E-state index is -2.18. The summed E-state index contributed by atoms with van der Waals surface area (Å²) < 4.78 is 22.7.